The summed E-state index contributed by atoms with van der Waals surface area (Å²) in [5, 5.41) is 3.30. The largest absolute Gasteiger partial charge is 0.363 e. The molecule has 0 spiro atoms. The van der Waals surface area contributed by atoms with E-state index in [0.717, 1.165) is 19.1 Å². The molecule has 2 heterocycles. The summed E-state index contributed by atoms with van der Waals surface area (Å²) in [5.41, 5.74) is 0. The Kier molecular flexibility index (Phi) is 1.02. The zero-order valence-corrected chi connectivity index (χ0v) is 4.89. The Labute approximate surface area is 49.2 Å². The van der Waals surface area contributed by atoms with Crippen LogP contribution in [0.4, 0.5) is 0 Å². The lowest BCUT2D eigenvalue weighted by atomic mass is 10.1. The summed E-state index contributed by atoms with van der Waals surface area (Å²) in [6, 6.07) is 0. The lowest BCUT2D eigenvalue weighted by molar-refractivity contribution is 0.0854. The van der Waals surface area contributed by atoms with Gasteiger partial charge in [-0.2, -0.15) is 0 Å². The summed E-state index contributed by atoms with van der Waals surface area (Å²) in [7, 11) is 0. The van der Waals surface area contributed by atoms with Crippen LogP contribution in [0.15, 0.2) is 0 Å². The normalized spacial score (nSPS) is 45.0. The Morgan fingerprint density at radius 2 is 2.38 bits per heavy atom. The molecule has 0 bridgehead atoms. The number of nitrogens with one attached hydrogen (secondary N) is 1. The first kappa shape index (κ1) is 4.77. The Morgan fingerprint density at radius 1 is 1.38 bits per heavy atom. The highest BCUT2D eigenvalue weighted by Crippen LogP contribution is 2.25. The lowest BCUT2D eigenvalue weighted by Gasteiger charge is -2.05. The molecule has 1 unspecified atom stereocenters. The molecule has 2 aliphatic rings. The summed E-state index contributed by atoms with van der Waals surface area (Å²) < 4.78 is 5.37. The van der Waals surface area contributed by atoms with Gasteiger partial charge < -0.3 is 4.74 Å². The van der Waals surface area contributed by atoms with Crippen molar-refractivity contribution in [1.82, 2.24) is 5.32 Å². The van der Waals surface area contributed by atoms with E-state index < -0.39 is 0 Å². The number of hydrogen-bond acceptors (Lipinski definition) is 2. The van der Waals surface area contributed by atoms with Gasteiger partial charge in [-0.05, 0) is 19.4 Å². The summed E-state index contributed by atoms with van der Waals surface area (Å²) in [6.07, 6.45) is 3.03. The van der Waals surface area contributed by atoms with Crippen LogP contribution >= 0.6 is 0 Å². The van der Waals surface area contributed by atoms with Crippen LogP contribution < -0.4 is 5.32 Å². The molecule has 0 aliphatic carbocycles. The molecule has 0 aromatic rings. The van der Waals surface area contributed by atoms with Crippen molar-refractivity contribution in [3.05, 3.63) is 0 Å². The zero-order chi connectivity index (χ0) is 5.40. The number of ether oxygens (including phenoxy) is 1. The maximum atomic E-state index is 5.37. The molecule has 1 N–H and O–H groups in total. The van der Waals surface area contributed by atoms with Crippen LogP contribution in [0.5, 0.6) is 0 Å². The lowest BCUT2D eigenvalue weighted by Crippen LogP contribution is -2.23. The quantitative estimate of drug-likeness (QED) is 0.489. The SMILES string of the molecule is C1CC2CCO[C@@H]2N1. The third kappa shape index (κ3) is 0.565. The van der Waals surface area contributed by atoms with Crippen LogP contribution in [0, 0.1) is 5.92 Å². The first-order valence-corrected chi connectivity index (χ1v) is 3.32. The van der Waals surface area contributed by atoms with E-state index in [-0.39, 0.29) is 0 Å². The summed E-state index contributed by atoms with van der Waals surface area (Å²) in [5.74, 6) is 0.843. The second-order valence-corrected chi connectivity index (χ2v) is 2.58. The molecule has 0 amide bonds. The third-order valence-corrected chi connectivity index (χ3v) is 2.07. The van der Waals surface area contributed by atoms with E-state index in [2.05, 4.69) is 5.32 Å². The van der Waals surface area contributed by atoms with E-state index in [1.54, 1.807) is 0 Å². The first-order chi connectivity index (χ1) is 3.97. The molecule has 0 aromatic carbocycles. The van der Waals surface area contributed by atoms with Crippen LogP contribution in [0.25, 0.3) is 0 Å². The monoisotopic (exact) mass is 113 g/mol. The van der Waals surface area contributed by atoms with Crippen LogP contribution in [0.3, 0.4) is 0 Å². The second-order valence-electron chi connectivity index (χ2n) is 2.58. The van der Waals surface area contributed by atoms with E-state index in [9.17, 15) is 0 Å². The highest BCUT2D eigenvalue weighted by molar-refractivity contribution is 4.80. The van der Waals surface area contributed by atoms with Crippen molar-refractivity contribution < 1.29 is 4.74 Å². The molecule has 2 atom stereocenters. The van der Waals surface area contributed by atoms with Crippen LogP contribution in [-0.4, -0.2) is 19.4 Å². The van der Waals surface area contributed by atoms with Crippen molar-refractivity contribution in [3.8, 4) is 0 Å². The predicted molar refractivity (Wildman–Crippen MR) is 30.5 cm³/mol. The molecule has 8 heavy (non-hydrogen) atoms. The minimum absolute atomic E-state index is 0.426. The van der Waals surface area contributed by atoms with Crippen LogP contribution in [-0.2, 0) is 4.74 Å². The highest BCUT2D eigenvalue weighted by Gasteiger charge is 2.31. The number of hydrogen-bond donors (Lipinski definition) is 1. The Hall–Kier alpha value is -0.0800. The van der Waals surface area contributed by atoms with Gasteiger partial charge in [-0.3, -0.25) is 5.32 Å². The summed E-state index contributed by atoms with van der Waals surface area (Å²) >= 11 is 0. The fraction of sp³-hybridized carbons (Fsp3) is 1.00. The molecular formula is C6H11NO. The van der Waals surface area contributed by atoms with E-state index in [0.29, 0.717) is 6.23 Å². The van der Waals surface area contributed by atoms with Crippen LogP contribution in [0.2, 0.25) is 0 Å². The van der Waals surface area contributed by atoms with Crippen molar-refractivity contribution >= 4 is 0 Å². The van der Waals surface area contributed by atoms with Gasteiger partial charge in [-0.25, -0.2) is 0 Å². The van der Waals surface area contributed by atoms with Gasteiger partial charge >= 0.3 is 0 Å². The average molecular weight is 113 g/mol. The van der Waals surface area contributed by atoms with E-state index in [1.165, 1.54) is 12.8 Å². The van der Waals surface area contributed by atoms with E-state index in [1.807, 2.05) is 0 Å². The Bertz CT molecular complexity index is 74.5. The standard InChI is InChI=1S/C6H11NO/c1-3-7-6-5(1)2-4-8-6/h5-7H,1-4H2/t5?,6-/m0/s1. The molecular weight excluding hydrogens is 102 g/mol. The number of rotatable bonds is 0. The fourth-order valence-electron chi connectivity index (χ4n) is 1.57. The van der Waals surface area contributed by atoms with Crippen molar-refractivity contribution in [2.24, 2.45) is 5.92 Å². The molecule has 0 saturated carbocycles. The molecule has 2 fully saturated rings. The molecule has 2 nitrogen and oxygen atoms in total. The molecule has 2 heteroatoms. The van der Waals surface area contributed by atoms with Gasteiger partial charge in [0.25, 0.3) is 0 Å². The van der Waals surface area contributed by atoms with Gasteiger partial charge in [-0.1, -0.05) is 0 Å². The van der Waals surface area contributed by atoms with Gasteiger partial charge in [0.05, 0.1) is 0 Å². The molecule has 46 valence electrons. The molecule has 2 rings (SSSR count). The first-order valence-electron chi connectivity index (χ1n) is 3.32. The Balaban J connectivity index is 2.04. The maximum absolute atomic E-state index is 5.37. The molecule has 2 aliphatic heterocycles. The summed E-state index contributed by atoms with van der Waals surface area (Å²) in [4.78, 5) is 0. The van der Waals surface area contributed by atoms with E-state index >= 15 is 0 Å². The van der Waals surface area contributed by atoms with Gasteiger partial charge in [0.1, 0.15) is 6.23 Å². The van der Waals surface area contributed by atoms with Gasteiger partial charge in [-0.15, -0.1) is 0 Å². The van der Waals surface area contributed by atoms with Crippen molar-refractivity contribution in [3.63, 3.8) is 0 Å². The second kappa shape index (κ2) is 1.71. The fourth-order valence-corrected chi connectivity index (χ4v) is 1.57. The van der Waals surface area contributed by atoms with Crippen molar-refractivity contribution in [1.29, 1.82) is 0 Å². The Morgan fingerprint density at radius 3 is 3.25 bits per heavy atom. The third-order valence-electron chi connectivity index (χ3n) is 2.07. The van der Waals surface area contributed by atoms with Crippen LogP contribution in [0.1, 0.15) is 12.8 Å². The highest BCUT2D eigenvalue weighted by atomic mass is 16.5. The molecule has 0 radical (unpaired) electrons. The van der Waals surface area contributed by atoms with Gasteiger partial charge in [0, 0.05) is 12.5 Å². The smallest absolute Gasteiger partial charge is 0.111 e. The minimum Gasteiger partial charge on any atom is -0.363 e. The minimum atomic E-state index is 0.426. The summed E-state index contributed by atoms with van der Waals surface area (Å²) in [6.45, 7) is 2.14. The number of fused-ring (bicyclic) bond motifs is 1. The molecule has 0 aromatic heterocycles. The van der Waals surface area contributed by atoms with Gasteiger partial charge in [0.15, 0.2) is 0 Å². The van der Waals surface area contributed by atoms with Crippen molar-refractivity contribution in [2.75, 3.05) is 13.2 Å². The predicted octanol–water partition coefficient (Wildman–Crippen LogP) is 0.342. The van der Waals surface area contributed by atoms with Crippen molar-refractivity contribution in [2.45, 2.75) is 19.1 Å². The topological polar surface area (TPSA) is 21.3 Å². The average Bonchev–Trinajstić information content (AvgIpc) is 2.15. The van der Waals surface area contributed by atoms with Gasteiger partial charge in [0.2, 0.25) is 0 Å². The molecule has 2 saturated heterocycles. The zero-order valence-electron chi connectivity index (χ0n) is 4.89. The maximum Gasteiger partial charge on any atom is 0.111 e. The van der Waals surface area contributed by atoms with E-state index in [4.69, 9.17) is 4.74 Å².